The maximum absolute atomic E-state index is 4.29. The molecule has 1 aromatic heterocycles. The second-order valence-corrected chi connectivity index (χ2v) is 4.73. The van der Waals surface area contributed by atoms with Crippen LogP contribution < -0.4 is 10.6 Å². The maximum atomic E-state index is 4.29. The van der Waals surface area contributed by atoms with Gasteiger partial charge in [0.25, 0.3) is 0 Å². The Balaban J connectivity index is 0.00000180. The average molecular weight is 374 g/mol. The number of nitrogens with one attached hydrogen (secondary N) is 2. The quantitative estimate of drug-likeness (QED) is 0.486. The van der Waals surface area contributed by atoms with Crippen LogP contribution in [0.4, 0.5) is 0 Å². The molecule has 0 saturated heterocycles. The number of guanidine groups is 1. The molecule has 2 rings (SSSR count). The van der Waals surface area contributed by atoms with E-state index in [4.69, 9.17) is 0 Å². The van der Waals surface area contributed by atoms with Crippen LogP contribution in [0.15, 0.2) is 29.4 Å². The van der Waals surface area contributed by atoms with Gasteiger partial charge in [-0.05, 0) is 25.0 Å². The van der Waals surface area contributed by atoms with Gasteiger partial charge in [0.15, 0.2) is 5.96 Å². The van der Waals surface area contributed by atoms with Crippen molar-refractivity contribution in [3.05, 3.63) is 30.1 Å². The maximum Gasteiger partial charge on any atom is 0.191 e. The molecule has 2 N–H and O–H groups in total. The predicted molar refractivity (Wildman–Crippen MR) is 89.9 cm³/mol. The molecule has 1 fully saturated rings. The Bertz CT molecular complexity index is 374. The van der Waals surface area contributed by atoms with Crippen LogP contribution in [0.25, 0.3) is 0 Å². The Morgan fingerprint density at radius 1 is 1.32 bits per heavy atom. The molecule has 0 spiro atoms. The third kappa shape index (κ3) is 5.76. The number of rotatable bonds is 3. The molecule has 0 radical (unpaired) electrons. The van der Waals surface area contributed by atoms with Crippen molar-refractivity contribution in [1.82, 2.24) is 15.6 Å². The van der Waals surface area contributed by atoms with E-state index in [-0.39, 0.29) is 24.0 Å². The highest BCUT2D eigenvalue weighted by Gasteiger charge is 2.14. The zero-order chi connectivity index (χ0) is 12.6. The van der Waals surface area contributed by atoms with Gasteiger partial charge in [-0.1, -0.05) is 25.3 Å². The monoisotopic (exact) mass is 374 g/mol. The molecule has 0 atom stereocenters. The smallest absolute Gasteiger partial charge is 0.191 e. The Hall–Kier alpha value is -0.850. The second-order valence-electron chi connectivity index (χ2n) is 4.73. The van der Waals surface area contributed by atoms with Crippen molar-refractivity contribution in [3.63, 3.8) is 0 Å². The van der Waals surface area contributed by atoms with E-state index < -0.39 is 0 Å². The lowest BCUT2D eigenvalue weighted by molar-refractivity contribution is 0.410. The Morgan fingerprint density at radius 2 is 2.11 bits per heavy atom. The van der Waals surface area contributed by atoms with Crippen LogP contribution in [-0.2, 0) is 6.54 Å². The molecule has 0 unspecified atom stereocenters. The average Bonchev–Trinajstić information content (AvgIpc) is 2.45. The highest BCUT2D eigenvalue weighted by atomic mass is 127. The molecule has 1 aliphatic carbocycles. The first-order valence-electron chi connectivity index (χ1n) is 6.75. The highest BCUT2D eigenvalue weighted by Crippen LogP contribution is 2.17. The van der Waals surface area contributed by atoms with Crippen LogP contribution in [-0.4, -0.2) is 24.0 Å². The van der Waals surface area contributed by atoms with Crippen molar-refractivity contribution in [2.24, 2.45) is 4.99 Å². The van der Waals surface area contributed by atoms with Gasteiger partial charge in [-0.3, -0.25) is 9.98 Å². The van der Waals surface area contributed by atoms with E-state index >= 15 is 0 Å². The highest BCUT2D eigenvalue weighted by molar-refractivity contribution is 14.0. The molecule has 5 heteroatoms. The van der Waals surface area contributed by atoms with Gasteiger partial charge in [0.05, 0.1) is 12.2 Å². The summed E-state index contributed by atoms with van der Waals surface area (Å²) in [5.74, 6) is 0.882. The van der Waals surface area contributed by atoms with Crippen molar-refractivity contribution in [3.8, 4) is 0 Å². The summed E-state index contributed by atoms with van der Waals surface area (Å²) in [6.07, 6.45) is 8.35. The van der Waals surface area contributed by atoms with Crippen LogP contribution in [0.2, 0.25) is 0 Å². The van der Waals surface area contributed by atoms with Gasteiger partial charge in [-0.25, -0.2) is 0 Å². The van der Waals surface area contributed by atoms with Crippen molar-refractivity contribution < 1.29 is 0 Å². The molecule has 106 valence electrons. The molecule has 19 heavy (non-hydrogen) atoms. The molecule has 1 aromatic rings. The molecule has 0 aromatic carbocycles. The lowest BCUT2D eigenvalue weighted by Gasteiger charge is -2.24. The second kappa shape index (κ2) is 9.12. The van der Waals surface area contributed by atoms with Gasteiger partial charge in [-0.2, -0.15) is 0 Å². The van der Waals surface area contributed by atoms with Gasteiger partial charge in [0.2, 0.25) is 0 Å². The number of pyridine rings is 1. The summed E-state index contributed by atoms with van der Waals surface area (Å²) in [6.45, 7) is 0.716. The zero-order valence-electron chi connectivity index (χ0n) is 11.4. The van der Waals surface area contributed by atoms with E-state index in [0.29, 0.717) is 12.6 Å². The molecule has 1 aliphatic rings. The van der Waals surface area contributed by atoms with Crippen molar-refractivity contribution in [2.45, 2.75) is 44.7 Å². The fourth-order valence-corrected chi connectivity index (χ4v) is 2.31. The van der Waals surface area contributed by atoms with Gasteiger partial charge < -0.3 is 10.6 Å². The summed E-state index contributed by atoms with van der Waals surface area (Å²) >= 11 is 0. The summed E-state index contributed by atoms with van der Waals surface area (Å²) < 4.78 is 0. The van der Waals surface area contributed by atoms with E-state index in [9.17, 15) is 0 Å². The number of halogens is 1. The Morgan fingerprint density at radius 3 is 2.74 bits per heavy atom. The molecule has 0 aliphatic heterocycles. The molecular formula is C14H23IN4. The first-order valence-corrected chi connectivity index (χ1v) is 6.75. The van der Waals surface area contributed by atoms with Crippen molar-refractivity contribution in [2.75, 3.05) is 7.05 Å². The molecule has 1 saturated carbocycles. The van der Waals surface area contributed by atoms with Crippen molar-refractivity contribution >= 4 is 29.9 Å². The normalized spacial score (nSPS) is 16.6. The molecule has 0 bridgehead atoms. The lowest BCUT2D eigenvalue weighted by atomic mass is 9.96. The number of hydrogen-bond donors (Lipinski definition) is 2. The topological polar surface area (TPSA) is 49.3 Å². The van der Waals surface area contributed by atoms with Crippen LogP contribution in [0.3, 0.4) is 0 Å². The Labute approximate surface area is 132 Å². The minimum atomic E-state index is 0. The van der Waals surface area contributed by atoms with Crippen LogP contribution in [0.1, 0.15) is 37.8 Å². The minimum absolute atomic E-state index is 0. The zero-order valence-corrected chi connectivity index (χ0v) is 13.8. The number of aliphatic imine (C=N–C) groups is 1. The van der Waals surface area contributed by atoms with E-state index in [0.717, 1.165) is 11.7 Å². The third-order valence-electron chi connectivity index (χ3n) is 3.33. The summed E-state index contributed by atoms with van der Waals surface area (Å²) in [5, 5.41) is 6.80. The SMILES string of the molecule is CN=C(NCc1ccccn1)NC1CCCCC1.I. The fourth-order valence-electron chi connectivity index (χ4n) is 2.31. The van der Waals surface area contributed by atoms with Gasteiger partial charge >= 0.3 is 0 Å². The number of hydrogen-bond acceptors (Lipinski definition) is 2. The van der Waals surface area contributed by atoms with E-state index in [1.165, 1.54) is 32.1 Å². The fraction of sp³-hybridized carbons (Fsp3) is 0.571. The summed E-state index contributed by atoms with van der Waals surface area (Å²) in [6, 6.07) is 6.52. The molecule has 4 nitrogen and oxygen atoms in total. The van der Waals surface area contributed by atoms with Crippen LogP contribution in [0, 0.1) is 0 Å². The van der Waals surface area contributed by atoms with Crippen molar-refractivity contribution in [1.29, 1.82) is 0 Å². The molecule has 1 heterocycles. The minimum Gasteiger partial charge on any atom is -0.354 e. The summed E-state index contributed by atoms with van der Waals surface area (Å²) in [5.41, 5.74) is 1.03. The van der Waals surface area contributed by atoms with E-state index in [2.05, 4.69) is 20.6 Å². The first-order chi connectivity index (χ1) is 8.88. The van der Waals surface area contributed by atoms with Gasteiger partial charge in [0.1, 0.15) is 0 Å². The predicted octanol–water partition coefficient (Wildman–Crippen LogP) is 2.70. The van der Waals surface area contributed by atoms with Gasteiger partial charge in [-0.15, -0.1) is 24.0 Å². The summed E-state index contributed by atoms with van der Waals surface area (Å²) in [4.78, 5) is 8.55. The van der Waals surface area contributed by atoms with Crippen LogP contribution >= 0.6 is 24.0 Å². The third-order valence-corrected chi connectivity index (χ3v) is 3.33. The standard InChI is InChI=1S/C14H22N4.HI/c1-15-14(18-12-7-3-2-4-8-12)17-11-13-9-5-6-10-16-13;/h5-6,9-10,12H,2-4,7-8,11H2,1H3,(H2,15,17,18);1H. The largest absolute Gasteiger partial charge is 0.354 e. The number of nitrogens with zero attached hydrogens (tertiary/aromatic N) is 2. The Kier molecular flexibility index (Phi) is 7.78. The van der Waals surface area contributed by atoms with E-state index in [1.807, 2.05) is 31.4 Å². The van der Waals surface area contributed by atoms with E-state index in [1.54, 1.807) is 0 Å². The first kappa shape index (κ1) is 16.2. The number of aromatic nitrogens is 1. The lowest BCUT2D eigenvalue weighted by Crippen LogP contribution is -2.43. The van der Waals surface area contributed by atoms with Crippen LogP contribution in [0.5, 0.6) is 0 Å². The molecule has 0 amide bonds. The molecular weight excluding hydrogens is 351 g/mol. The van der Waals surface area contributed by atoms with Gasteiger partial charge in [0, 0.05) is 19.3 Å². The summed E-state index contributed by atoms with van der Waals surface area (Å²) in [7, 11) is 1.82.